The minimum atomic E-state index is -0.250. The van der Waals surface area contributed by atoms with E-state index in [4.69, 9.17) is 4.74 Å². The molecule has 0 radical (unpaired) electrons. The van der Waals surface area contributed by atoms with Crippen LogP contribution in [0.25, 0.3) is 16.7 Å². The molecular formula is C23H19N5O2. The molecule has 5 rings (SSSR count). The van der Waals surface area contributed by atoms with Gasteiger partial charge in [0.25, 0.3) is 5.91 Å². The summed E-state index contributed by atoms with van der Waals surface area (Å²) in [5.41, 5.74) is 10.1. The topological polar surface area (TPSA) is 81.1 Å². The average molecular weight is 397 g/mol. The van der Waals surface area contributed by atoms with Crippen LogP contribution in [0.3, 0.4) is 0 Å². The van der Waals surface area contributed by atoms with E-state index in [-0.39, 0.29) is 18.6 Å². The van der Waals surface area contributed by atoms with Crippen molar-refractivity contribution in [2.24, 2.45) is 0 Å². The largest absolute Gasteiger partial charge is 0.481 e. The van der Waals surface area contributed by atoms with Crippen LogP contribution < -0.4 is 15.6 Å². The zero-order valence-electron chi connectivity index (χ0n) is 16.0. The van der Waals surface area contributed by atoms with Crippen molar-refractivity contribution in [3.63, 3.8) is 0 Å². The highest BCUT2D eigenvalue weighted by atomic mass is 16.5. The van der Waals surface area contributed by atoms with Crippen LogP contribution in [0, 0.1) is 0 Å². The van der Waals surface area contributed by atoms with Crippen LogP contribution in [0.2, 0.25) is 0 Å². The van der Waals surface area contributed by atoms with Crippen molar-refractivity contribution in [2.45, 2.75) is 12.6 Å². The Kier molecular flexibility index (Phi) is 4.61. The van der Waals surface area contributed by atoms with E-state index in [1.807, 2.05) is 84.9 Å². The van der Waals surface area contributed by atoms with Crippen LogP contribution in [0.15, 0.2) is 84.9 Å². The molecule has 0 aliphatic carbocycles. The van der Waals surface area contributed by atoms with Gasteiger partial charge in [0, 0.05) is 5.56 Å². The minimum absolute atomic E-state index is 0.0566. The van der Waals surface area contributed by atoms with Gasteiger partial charge in [-0.15, -0.1) is 5.10 Å². The summed E-state index contributed by atoms with van der Waals surface area (Å²) in [7, 11) is 0. The summed E-state index contributed by atoms with van der Waals surface area (Å²) < 4.78 is 7.71. The molecule has 1 atom stereocenters. The quantitative estimate of drug-likeness (QED) is 0.506. The third-order valence-corrected chi connectivity index (χ3v) is 4.93. The fraction of sp³-hybridized carbons (Fsp3) is 0.0870. The van der Waals surface area contributed by atoms with Gasteiger partial charge in [-0.2, -0.15) is 0 Å². The van der Waals surface area contributed by atoms with Crippen molar-refractivity contribution in [1.82, 2.24) is 25.8 Å². The highest BCUT2D eigenvalue weighted by Crippen LogP contribution is 2.35. The molecule has 4 aromatic rings. The van der Waals surface area contributed by atoms with Crippen molar-refractivity contribution >= 4 is 22.6 Å². The lowest BCUT2D eigenvalue weighted by atomic mass is 10.0. The molecule has 148 valence electrons. The number of aromatic nitrogens is 3. The fourth-order valence-electron chi connectivity index (χ4n) is 3.47. The first-order valence-electron chi connectivity index (χ1n) is 9.64. The number of ether oxygens (including phenoxy) is 1. The minimum Gasteiger partial charge on any atom is -0.481 e. The van der Waals surface area contributed by atoms with E-state index in [0.29, 0.717) is 0 Å². The highest BCUT2D eigenvalue weighted by Gasteiger charge is 2.22. The van der Waals surface area contributed by atoms with Gasteiger partial charge in [0.05, 0.1) is 11.2 Å². The molecule has 3 aromatic carbocycles. The van der Waals surface area contributed by atoms with Gasteiger partial charge in [-0.1, -0.05) is 59.8 Å². The predicted octanol–water partition coefficient (Wildman–Crippen LogP) is 3.23. The van der Waals surface area contributed by atoms with E-state index in [9.17, 15) is 4.79 Å². The Hall–Kier alpha value is -4.13. The lowest BCUT2D eigenvalue weighted by molar-refractivity contribution is -0.122. The van der Waals surface area contributed by atoms with Gasteiger partial charge >= 0.3 is 0 Å². The molecule has 1 amide bonds. The Morgan fingerprint density at radius 2 is 1.73 bits per heavy atom. The number of fused-ring (bicyclic) bond motifs is 2. The molecule has 0 saturated carbocycles. The van der Waals surface area contributed by atoms with Crippen molar-refractivity contribution < 1.29 is 9.53 Å². The molecule has 1 aliphatic rings. The Morgan fingerprint density at radius 3 is 2.63 bits per heavy atom. The maximum absolute atomic E-state index is 12.5. The van der Waals surface area contributed by atoms with Crippen molar-refractivity contribution in [3.8, 4) is 5.75 Å². The molecule has 0 fully saturated rings. The molecule has 2 N–H and O–H groups in total. The summed E-state index contributed by atoms with van der Waals surface area (Å²) in [6, 6.07) is 25.2. The van der Waals surface area contributed by atoms with Crippen LogP contribution in [0.4, 0.5) is 0 Å². The molecule has 30 heavy (non-hydrogen) atoms. The van der Waals surface area contributed by atoms with Crippen LogP contribution in [0.5, 0.6) is 5.75 Å². The second-order valence-electron chi connectivity index (χ2n) is 6.93. The maximum Gasteiger partial charge on any atom is 0.260 e. The van der Waals surface area contributed by atoms with E-state index in [2.05, 4.69) is 21.2 Å². The zero-order chi connectivity index (χ0) is 20.3. The molecule has 1 aliphatic heterocycles. The van der Waals surface area contributed by atoms with Gasteiger partial charge in [-0.05, 0) is 35.9 Å². The van der Waals surface area contributed by atoms with E-state index < -0.39 is 0 Å². The molecule has 0 bridgehead atoms. The monoisotopic (exact) mass is 397 g/mol. The Labute approximate surface area is 172 Å². The molecule has 1 aromatic heterocycles. The summed E-state index contributed by atoms with van der Waals surface area (Å²) in [5, 5.41) is 8.14. The zero-order valence-corrected chi connectivity index (χ0v) is 16.0. The normalized spacial score (nSPS) is 15.1. The number of benzene rings is 3. The molecular weight excluding hydrogens is 378 g/mol. The summed E-state index contributed by atoms with van der Waals surface area (Å²) in [6.45, 7) is 0.0566. The molecule has 2 heterocycles. The Balaban J connectivity index is 1.34. The van der Waals surface area contributed by atoms with E-state index in [1.54, 1.807) is 4.68 Å². The lowest BCUT2D eigenvalue weighted by Gasteiger charge is -2.26. The highest BCUT2D eigenvalue weighted by molar-refractivity contribution is 5.81. The number of nitrogens with zero attached hydrogens (tertiary/aromatic N) is 3. The van der Waals surface area contributed by atoms with E-state index >= 15 is 0 Å². The standard InChI is InChI=1S/C23H19N5O2/c29-23(15-28-20-12-6-5-11-18(20)25-27-28)26-24-19-14-22(16-8-2-1-3-9-16)30-21-13-7-4-10-17(19)21/h1-14,22,24H,15H2,(H,26,29)/t22-/m0/s1. The summed E-state index contributed by atoms with van der Waals surface area (Å²) in [5.74, 6) is 0.527. The third kappa shape index (κ3) is 3.48. The predicted molar refractivity (Wildman–Crippen MR) is 113 cm³/mol. The number of hydrogen-bond donors (Lipinski definition) is 2. The van der Waals surface area contributed by atoms with Crippen molar-refractivity contribution in [2.75, 3.05) is 0 Å². The summed E-state index contributed by atoms with van der Waals surface area (Å²) >= 11 is 0. The van der Waals surface area contributed by atoms with Crippen LogP contribution in [-0.4, -0.2) is 20.9 Å². The molecule has 0 spiro atoms. The first kappa shape index (κ1) is 17.9. The number of carbonyl (C=O) groups is 1. The number of para-hydroxylation sites is 2. The van der Waals surface area contributed by atoms with Crippen molar-refractivity contribution in [3.05, 3.63) is 96.1 Å². The molecule has 7 heteroatoms. The average Bonchev–Trinajstić information content (AvgIpc) is 3.20. The van der Waals surface area contributed by atoms with Gasteiger partial charge in [0.2, 0.25) is 0 Å². The first-order chi connectivity index (χ1) is 14.8. The summed E-state index contributed by atoms with van der Waals surface area (Å²) in [4.78, 5) is 12.5. The molecule has 7 nitrogen and oxygen atoms in total. The SMILES string of the molecule is O=C(Cn1nnc2ccccc21)NNC1=C[C@@H](c2ccccc2)Oc2ccccc21. The number of carbonyl (C=O) groups excluding carboxylic acids is 1. The molecule has 0 saturated heterocycles. The van der Waals surface area contributed by atoms with Gasteiger partial charge in [0.1, 0.15) is 23.9 Å². The van der Waals surface area contributed by atoms with E-state index in [0.717, 1.165) is 33.6 Å². The second-order valence-corrected chi connectivity index (χ2v) is 6.93. The number of nitrogens with one attached hydrogen (secondary N) is 2. The Bertz CT molecular complexity index is 1230. The van der Waals surface area contributed by atoms with Crippen molar-refractivity contribution in [1.29, 1.82) is 0 Å². The number of hydrogen-bond acceptors (Lipinski definition) is 5. The number of rotatable bonds is 5. The van der Waals surface area contributed by atoms with Crippen LogP contribution in [0.1, 0.15) is 17.2 Å². The third-order valence-electron chi connectivity index (χ3n) is 4.93. The maximum atomic E-state index is 12.5. The van der Waals surface area contributed by atoms with Gasteiger partial charge in [-0.3, -0.25) is 15.6 Å². The number of hydrazine groups is 1. The van der Waals surface area contributed by atoms with Crippen LogP contribution in [-0.2, 0) is 11.3 Å². The number of amides is 1. The lowest BCUT2D eigenvalue weighted by Crippen LogP contribution is -2.39. The van der Waals surface area contributed by atoms with E-state index in [1.165, 1.54) is 0 Å². The van der Waals surface area contributed by atoms with Gasteiger partial charge < -0.3 is 4.74 Å². The van der Waals surface area contributed by atoms with Gasteiger partial charge in [0.15, 0.2) is 0 Å². The second kappa shape index (κ2) is 7.71. The smallest absolute Gasteiger partial charge is 0.260 e. The Morgan fingerprint density at radius 1 is 0.967 bits per heavy atom. The first-order valence-corrected chi connectivity index (χ1v) is 9.64. The fourth-order valence-corrected chi connectivity index (χ4v) is 3.47. The summed E-state index contributed by atoms with van der Waals surface area (Å²) in [6.07, 6.45) is 1.71. The van der Waals surface area contributed by atoms with Gasteiger partial charge in [-0.25, -0.2) is 4.68 Å². The molecule has 0 unspecified atom stereocenters. The van der Waals surface area contributed by atoms with Crippen LogP contribution >= 0.6 is 0 Å².